The predicted octanol–water partition coefficient (Wildman–Crippen LogP) is 1.38. The van der Waals surface area contributed by atoms with E-state index in [1.807, 2.05) is 0 Å². The Morgan fingerprint density at radius 2 is 1.31 bits per heavy atom. The zero-order valence-corrected chi connectivity index (χ0v) is 10.0. The second-order valence-electron chi connectivity index (χ2n) is 2.20. The number of rotatable bonds is 4. The second-order valence-corrected chi connectivity index (χ2v) is 5.45. The molecular weight excluding hydrogens is 215 g/mol. The molecule has 5 nitrogen and oxygen atoms in total. The van der Waals surface area contributed by atoms with Crippen LogP contribution in [0.1, 0.15) is 13.8 Å². The normalized spacial score (nSPS) is 10.2. The highest BCUT2D eigenvalue weighted by atomic mass is 32.2. The zero-order chi connectivity index (χ0) is 10.9. The molecule has 0 radical (unpaired) electrons. The van der Waals surface area contributed by atoms with E-state index in [9.17, 15) is 13.0 Å². The number of hydrogen-bond donors (Lipinski definition) is 0. The molecule has 0 bridgehead atoms. The van der Waals surface area contributed by atoms with E-state index in [0.29, 0.717) is 13.2 Å². The molecule has 0 aromatic heterocycles. The van der Waals surface area contributed by atoms with Gasteiger partial charge in [0.25, 0.3) is 0 Å². The van der Waals surface area contributed by atoms with Crippen LogP contribution in [0.25, 0.3) is 0 Å². The van der Waals surface area contributed by atoms with Crippen molar-refractivity contribution >= 4 is 18.1 Å². The Balaban J connectivity index is 0. The second kappa shape index (κ2) is 8.56. The van der Waals surface area contributed by atoms with Crippen molar-refractivity contribution in [3.8, 4) is 0 Å². The van der Waals surface area contributed by atoms with Gasteiger partial charge < -0.3 is 0 Å². The van der Waals surface area contributed by atoms with Crippen molar-refractivity contribution in [2.45, 2.75) is 13.8 Å². The van der Waals surface area contributed by atoms with Crippen molar-refractivity contribution < 1.29 is 22.0 Å². The van der Waals surface area contributed by atoms with E-state index < -0.39 is 18.1 Å². The van der Waals surface area contributed by atoms with E-state index in [1.54, 1.807) is 13.8 Å². The third kappa shape index (κ3) is 33.4. The van der Waals surface area contributed by atoms with Gasteiger partial charge in [-0.05, 0) is 13.8 Å². The Morgan fingerprint density at radius 3 is 1.46 bits per heavy atom. The summed E-state index contributed by atoms with van der Waals surface area (Å²) in [5, 5.41) is 0. The monoisotopic (exact) mass is 231 g/mol. The summed E-state index contributed by atoms with van der Waals surface area (Å²) < 4.78 is 38.7. The molecule has 0 saturated heterocycles. The molecule has 0 spiro atoms. The van der Waals surface area contributed by atoms with Crippen LogP contribution < -0.4 is 0 Å². The Hall–Kier alpha value is -0.0300. The van der Waals surface area contributed by atoms with E-state index in [2.05, 4.69) is 9.05 Å². The van der Waals surface area contributed by atoms with Crippen LogP contribution in [0.5, 0.6) is 0 Å². The topological polar surface area (TPSA) is 69.7 Å². The molecule has 0 aliphatic heterocycles. The van der Waals surface area contributed by atoms with E-state index in [0.717, 1.165) is 12.5 Å². The molecule has 0 aliphatic rings. The quantitative estimate of drug-likeness (QED) is 0.683. The Morgan fingerprint density at radius 1 is 1.08 bits per heavy atom. The lowest BCUT2D eigenvalue weighted by Gasteiger charge is -1.78. The van der Waals surface area contributed by atoms with Gasteiger partial charge in [-0.1, -0.05) is 0 Å². The van der Waals surface area contributed by atoms with Gasteiger partial charge in [0.2, 0.25) is 0 Å². The van der Waals surface area contributed by atoms with Crippen LogP contribution in [-0.4, -0.2) is 34.1 Å². The molecule has 0 aliphatic carbocycles. The SMILES string of the molecule is CCO[P+](=O)OCC.CS(C)(=O)=O. The molecule has 0 N–H and O–H groups in total. The average molecular weight is 231 g/mol. The summed E-state index contributed by atoms with van der Waals surface area (Å²) in [6.07, 6.45) is 2.32. The van der Waals surface area contributed by atoms with Crippen LogP contribution in [0.3, 0.4) is 0 Å². The first kappa shape index (κ1) is 15.4. The molecule has 13 heavy (non-hydrogen) atoms. The highest BCUT2D eigenvalue weighted by Gasteiger charge is 2.15. The number of sulfone groups is 1. The molecule has 80 valence electrons. The van der Waals surface area contributed by atoms with Crippen LogP contribution in [0.2, 0.25) is 0 Å². The summed E-state index contributed by atoms with van der Waals surface area (Å²) in [5.41, 5.74) is 0. The van der Waals surface area contributed by atoms with Crippen molar-refractivity contribution in [3.05, 3.63) is 0 Å². The highest BCUT2D eigenvalue weighted by Crippen LogP contribution is 2.21. The van der Waals surface area contributed by atoms with Crippen molar-refractivity contribution in [2.24, 2.45) is 0 Å². The molecule has 0 fully saturated rings. The van der Waals surface area contributed by atoms with Crippen LogP contribution in [0, 0.1) is 0 Å². The fourth-order valence-corrected chi connectivity index (χ4v) is 0.744. The lowest BCUT2D eigenvalue weighted by Crippen LogP contribution is -1.86. The fraction of sp³-hybridized carbons (Fsp3) is 1.00. The smallest absolute Gasteiger partial charge is 0.229 e. The van der Waals surface area contributed by atoms with Gasteiger partial charge in [-0.2, -0.15) is 0 Å². The molecule has 0 aromatic rings. The molecule has 0 atom stereocenters. The van der Waals surface area contributed by atoms with Gasteiger partial charge in [0.05, 0.1) is 0 Å². The van der Waals surface area contributed by atoms with Crippen LogP contribution in [-0.2, 0) is 23.4 Å². The highest BCUT2D eigenvalue weighted by molar-refractivity contribution is 7.89. The summed E-state index contributed by atoms with van der Waals surface area (Å²) in [5.74, 6) is 0. The third-order valence-corrected chi connectivity index (χ3v) is 1.41. The van der Waals surface area contributed by atoms with Crippen molar-refractivity contribution in [2.75, 3.05) is 25.7 Å². The lowest BCUT2D eigenvalue weighted by atomic mass is 10.9. The van der Waals surface area contributed by atoms with Gasteiger partial charge in [-0.25, -0.2) is 8.42 Å². The summed E-state index contributed by atoms with van der Waals surface area (Å²) in [7, 11) is -4.50. The minimum absolute atomic E-state index is 0.440. The Labute approximate surface area is 80.3 Å². The van der Waals surface area contributed by atoms with E-state index in [-0.39, 0.29) is 0 Å². The summed E-state index contributed by atoms with van der Waals surface area (Å²) in [6.45, 7) is 4.42. The molecule has 0 rings (SSSR count). The fourth-order valence-electron chi connectivity index (χ4n) is 0.248. The molecule has 0 amide bonds. The minimum atomic E-state index is -2.67. The maximum Gasteiger partial charge on any atom is 0.697 e. The standard InChI is InChI=1S/C4H10O3P.C2H6O2S/c1-3-6-8(5)7-4-2;1-5(2,3)4/h3-4H2,1-2H3;1-2H3/q+1;. The van der Waals surface area contributed by atoms with Crippen LogP contribution >= 0.6 is 8.25 Å². The van der Waals surface area contributed by atoms with Crippen molar-refractivity contribution in [1.29, 1.82) is 0 Å². The van der Waals surface area contributed by atoms with Gasteiger partial charge in [0.15, 0.2) is 0 Å². The molecule has 0 aromatic carbocycles. The Bertz CT molecular complexity index is 207. The number of hydrogen-bond acceptors (Lipinski definition) is 5. The van der Waals surface area contributed by atoms with Gasteiger partial charge in [-0.15, -0.1) is 9.05 Å². The minimum Gasteiger partial charge on any atom is -0.229 e. The third-order valence-electron chi connectivity index (χ3n) is 0.469. The van der Waals surface area contributed by atoms with Gasteiger partial charge in [0, 0.05) is 17.1 Å². The maximum absolute atomic E-state index is 10.3. The lowest BCUT2D eigenvalue weighted by molar-refractivity contribution is 0.243. The largest absolute Gasteiger partial charge is 0.697 e. The first-order valence-electron chi connectivity index (χ1n) is 3.69. The maximum atomic E-state index is 10.3. The van der Waals surface area contributed by atoms with Gasteiger partial charge in [-0.3, -0.25) is 0 Å². The van der Waals surface area contributed by atoms with E-state index in [4.69, 9.17) is 0 Å². The van der Waals surface area contributed by atoms with E-state index >= 15 is 0 Å². The average Bonchev–Trinajstić information content (AvgIpc) is 1.84. The zero-order valence-electron chi connectivity index (χ0n) is 8.31. The van der Waals surface area contributed by atoms with Crippen molar-refractivity contribution in [1.82, 2.24) is 0 Å². The summed E-state index contributed by atoms with van der Waals surface area (Å²) in [6, 6.07) is 0. The molecule has 0 saturated carbocycles. The predicted molar refractivity (Wildman–Crippen MR) is 51.6 cm³/mol. The van der Waals surface area contributed by atoms with E-state index in [1.165, 1.54) is 0 Å². The first-order chi connectivity index (χ1) is 5.81. The van der Waals surface area contributed by atoms with Crippen molar-refractivity contribution in [3.63, 3.8) is 0 Å². The van der Waals surface area contributed by atoms with Crippen LogP contribution in [0.4, 0.5) is 0 Å². The van der Waals surface area contributed by atoms with Gasteiger partial charge >= 0.3 is 8.25 Å². The van der Waals surface area contributed by atoms with Gasteiger partial charge in [0.1, 0.15) is 23.1 Å². The molecule has 0 unspecified atom stereocenters. The summed E-state index contributed by atoms with van der Waals surface area (Å²) in [4.78, 5) is 0. The Kier molecular flexibility index (Phi) is 10.2. The molecular formula is C6H16O5PS+. The molecule has 0 heterocycles. The summed E-state index contributed by atoms with van der Waals surface area (Å²) >= 11 is 0. The van der Waals surface area contributed by atoms with Crippen LogP contribution in [0.15, 0.2) is 0 Å². The first-order valence-corrected chi connectivity index (χ1v) is 7.08. The molecule has 7 heteroatoms.